The van der Waals surface area contributed by atoms with Crippen LogP contribution in [0.4, 0.5) is 0 Å². The van der Waals surface area contributed by atoms with Gasteiger partial charge in [-0.25, -0.2) is 0 Å². The molecule has 0 unspecified atom stereocenters. The smallest absolute Gasteiger partial charge is 0.0254 e. The second-order valence-electron chi connectivity index (χ2n) is 1.59. The van der Waals surface area contributed by atoms with Crippen LogP contribution in [0, 0.1) is 10.8 Å². The van der Waals surface area contributed by atoms with Crippen LogP contribution in [-0.2, 0) is 0 Å². The molecule has 1 rings (SSSR count). The lowest BCUT2D eigenvalue weighted by Crippen LogP contribution is -1.67. The van der Waals surface area contributed by atoms with Gasteiger partial charge in [-0.05, 0) is 17.0 Å². The number of hydrogen-bond acceptors (Lipinski definition) is 0. The number of benzene rings is 1. The Morgan fingerprint density at radius 1 is 1.10 bits per heavy atom. The van der Waals surface area contributed by atoms with Crippen molar-refractivity contribution in [3.05, 3.63) is 35.9 Å². The van der Waals surface area contributed by atoms with Gasteiger partial charge in [0.2, 0.25) is 0 Å². The first-order chi connectivity index (χ1) is 4.43. The van der Waals surface area contributed by atoms with Gasteiger partial charge in [0.15, 0.2) is 0 Å². The van der Waals surface area contributed by atoms with Gasteiger partial charge in [-0.1, -0.05) is 24.1 Å². The Hall–Kier alpha value is 0.0262. The number of halogens is 1. The maximum absolute atomic E-state index is 3.02. The average Bonchev–Trinajstić information content (AvgIpc) is 1.91. The predicted molar refractivity (Wildman–Crippen MR) is 48.0 cm³/mol. The van der Waals surface area contributed by atoms with Crippen molar-refractivity contribution in [3.8, 4) is 10.8 Å². The molecule has 0 heterocycles. The first-order valence-corrected chi connectivity index (χ1v) is 3.39. The van der Waals surface area contributed by atoms with Crippen molar-refractivity contribution >= 4 is 39.0 Å². The summed E-state index contributed by atoms with van der Waals surface area (Å²) < 4.78 is 0. The standard InChI is InChI=1S/C8H5Br.Mg/c9-7-6-8-4-2-1-3-5-8;/h1-5H;. The van der Waals surface area contributed by atoms with Gasteiger partial charge in [-0.15, -0.1) is 0 Å². The lowest BCUT2D eigenvalue weighted by molar-refractivity contribution is 1.65. The van der Waals surface area contributed by atoms with Crippen molar-refractivity contribution in [2.45, 2.75) is 0 Å². The molecule has 0 fully saturated rings. The summed E-state index contributed by atoms with van der Waals surface area (Å²) in [5.74, 6) is 2.87. The summed E-state index contributed by atoms with van der Waals surface area (Å²) in [5, 5.41) is 0. The van der Waals surface area contributed by atoms with Crippen molar-refractivity contribution in [1.82, 2.24) is 0 Å². The van der Waals surface area contributed by atoms with Gasteiger partial charge in [0, 0.05) is 44.5 Å². The van der Waals surface area contributed by atoms with E-state index in [2.05, 4.69) is 26.7 Å². The Morgan fingerprint density at radius 2 is 1.70 bits per heavy atom. The van der Waals surface area contributed by atoms with Gasteiger partial charge in [-0.3, -0.25) is 0 Å². The molecule has 0 aromatic heterocycles. The second-order valence-corrected chi connectivity index (χ2v) is 1.98. The summed E-state index contributed by atoms with van der Waals surface area (Å²) in [6.45, 7) is 0. The maximum atomic E-state index is 3.02. The van der Waals surface area contributed by atoms with E-state index >= 15 is 0 Å². The highest BCUT2D eigenvalue weighted by molar-refractivity contribution is 9.12. The van der Waals surface area contributed by atoms with Crippen LogP contribution < -0.4 is 0 Å². The van der Waals surface area contributed by atoms with Crippen molar-refractivity contribution in [1.29, 1.82) is 0 Å². The van der Waals surface area contributed by atoms with E-state index in [1.54, 1.807) is 0 Å². The fourth-order valence-corrected chi connectivity index (χ4v) is 0.805. The van der Waals surface area contributed by atoms with Crippen LogP contribution in [0.2, 0.25) is 0 Å². The van der Waals surface area contributed by atoms with E-state index in [0.29, 0.717) is 0 Å². The number of rotatable bonds is 0. The molecule has 0 N–H and O–H groups in total. The Labute approximate surface area is 85.3 Å². The molecule has 0 aliphatic heterocycles. The van der Waals surface area contributed by atoms with E-state index in [4.69, 9.17) is 0 Å². The molecule has 0 aliphatic rings. The van der Waals surface area contributed by atoms with Gasteiger partial charge in [-0.2, -0.15) is 0 Å². The van der Waals surface area contributed by atoms with Crippen molar-refractivity contribution in [2.24, 2.45) is 0 Å². The SMILES string of the molecule is BrC#Cc1ccccc1.[Mg]. The second kappa shape index (κ2) is 5.78. The van der Waals surface area contributed by atoms with Crippen molar-refractivity contribution < 1.29 is 0 Å². The molecule has 0 aliphatic carbocycles. The van der Waals surface area contributed by atoms with Crippen LogP contribution in [0.1, 0.15) is 5.56 Å². The lowest BCUT2D eigenvalue weighted by Gasteiger charge is -1.83. The summed E-state index contributed by atoms with van der Waals surface area (Å²) >= 11 is 3.02. The van der Waals surface area contributed by atoms with Gasteiger partial charge < -0.3 is 0 Å². The lowest BCUT2D eigenvalue weighted by atomic mass is 10.2. The highest BCUT2D eigenvalue weighted by Crippen LogP contribution is 1.94. The molecule has 0 atom stereocenters. The first kappa shape index (κ1) is 10.0. The first-order valence-electron chi connectivity index (χ1n) is 2.60. The Kier molecular flexibility index (Phi) is 5.80. The van der Waals surface area contributed by atoms with Crippen LogP contribution in [0.3, 0.4) is 0 Å². The van der Waals surface area contributed by atoms with Gasteiger partial charge in [0.05, 0.1) is 0 Å². The topological polar surface area (TPSA) is 0 Å². The van der Waals surface area contributed by atoms with Crippen LogP contribution in [0.5, 0.6) is 0 Å². The van der Waals surface area contributed by atoms with E-state index in [1.165, 1.54) is 0 Å². The molecule has 2 radical (unpaired) electrons. The third kappa shape index (κ3) is 3.26. The molecular formula is C8H5BrMg. The molecule has 0 bridgehead atoms. The third-order valence-electron chi connectivity index (χ3n) is 0.965. The van der Waals surface area contributed by atoms with Crippen LogP contribution in [0.25, 0.3) is 0 Å². The molecule has 0 nitrogen and oxygen atoms in total. The minimum Gasteiger partial charge on any atom is -0.0622 e. The van der Waals surface area contributed by atoms with Gasteiger partial charge in [0.25, 0.3) is 0 Å². The molecule has 0 saturated heterocycles. The largest absolute Gasteiger partial charge is 0.0622 e. The molecule has 46 valence electrons. The quantitative estimate of drug-likeness (QED) is 0.449. The van der Waals surface area contributed by atoms with Gasteiger partial charge in [0.1, 0.15) is 0 Å². The highest BCUT2D eigenvalue weighted by atomic mass is 79.9. The normalized spacial score (nSPS) is 6.90. The molecule has 1 aromatic rings. The molecule has 0 spiro atoms. The van der Waals surface area contributed by atoms with E-state index in [9.17, 15) is 0 Å². The Morgan fingerprint density at radius 3 is 2.20 bits per heavy atom. The van der Waals surface area contributed by atoms with E-state index < -0.39 is 0 Å². The average molecular weight is 205 g/mol. The summed E-state index contributed by atoms with van der Waals surface area (Å²) in [6, 6.07) is 9.83. The van der Waals surface area contributed by atoms with Crippen LogP contribution >= 0.6 is 15.9 Å². The molecule has 0 saturated carbocycles. The van der Waals surface area contributed by atoms with Crippen LogP contribution in [0.15, 0.2) is 30.3 Å². The maximum Gasteiger partial charge on any atom is 0.0254 e. The fraction of sp³-hybridized carbons (Fsp3) is 0. The summed E-state index contributed by atoms with van der Waals surface area (Å²) in [4.78, 5) is 2.65. The van der Waals surface area contributed by atoms with Crippen molar-refractivity contribution in [2.75, 3.05) is 0 Å². The minimum absolute atomic E-state index is 0. The van der Waals surface area contributed by atoms with E-state index in [1.807, 2.05) is 30.3 Å². The fourth-order valence-electron chi connectivity index (χ4n) is 0.576. The van der Waals surface area contributed by atoms with Gasteiger partial charge >= 0.3 is 0 Å². The van der Waals surface area contributed by atoms with E-state index in [-0.39, 0.29) is 23.1 Å². The predicted octanol–water partition coefficient (Wildman–Crippen LogP) is 2.01. The van der Waals surface area contributed by atoms with Crippen molar-refractivity contribution in [3.63, 3.8) is 0 Å². The Bertz CT molecular complexity index is 232. The van der Waals surface area contributed by atoms with Crippen LogP contribution in [-0.4, -0.2) is 23.1 Å². The monoisotopic (exact) mass is 204 g/mol. The zero-order chi connectivity index (χ0) is 6.53. The molecule has 10 heavy (non-hydrogen) atoms. The minimum atomic E-state index is 0. The summed E-state index contributed by atoms with van der Waals surface area (Å²) in [7, 11) is 0. The zero-order valence-corrected chi connectivity index (χ0v) is 8.47. The number of hydrogen-bond donors (Lipinski definition) is 0. The summed E-state index contributed by atoms with van der Waals surface area (Å²) in [6.07, 6.45) is 0. The highest BCUT2D eigenvalue weighted by Gasteiger charge is 1.77. The molecule has 2 heteroatoms. The molecule has 0 amide bonds. The zero-order valence-electron chi connectivity index (χ0n) is 5.47. The Balaban J connectivity index is 0.000000810. The third-order valence-corrected chi connectivity index (χ3v) is 1.16. The molecule has 1 aromatic carbocycles. The summed E-state index contributed by atoms with van der Waals surface area (Å²) in [5.41, 5.74) is 1.04. The van der Waals surface area contributed by atoms with E-state index in [0.717, 1.165) is 5.56 Å². The molecular weight excluding hydrogens is 200 g/mol.